The molecular formula is C23H26F2N2O. The first-order valence-electron chi connectivity index (χ1n) is 9.96. The molecule has 1 unspecified atom stereocenters. The van der Waals surface area contributed by atoms with Crippen LogP contribution in [0.2, 0.25) is 0 Å². The molecule has 0 bridgehead atoms. The highest BCUT2D eigenvalue weighted by Gasteiger charge is 2.61. The van der Waals surface area contributed by atoms with Crippen LogP contribution in [0.3, 0.4) is 0 Å². The van der Waals surface area contributed by atoms with Gasteiger partial charge in [-0.1, -0.05) is 36.4 Å². The van der Waals surface area contributed by atoms with Crippen molar-refractivity contribution in [1.82, 2.24) is 9.80 Å². The minimum absolute atomic E-state index is 0.103. The molecule has 0 N–H and O–H groups in total. The number of nitrogens with zero attached hydrogens (tertiary/aromatic N) is 2. The largest absolute Gasteiger partial charge is 0.332 e. The molecule has 1 amide bonds. The molecule has 2 fully saturated rings. The quantitative estimate of drug-likeness (QED) is 0.723. The predicted octanol–water partition coefficient (Wildman–Crippen LogP) is 4.54. The standard InChI is InChI=1S/C23H26F2N2O/c1-16(2)27-21(17-6-4-3-5-7-17)23(22(27)28)10-12-26(13-11-23)15-18-8-9-19(24)14-20(18)25/h3-9,14,16,21H,10-13,15H2,1-2H3. The molecule has 0 saturated carbocycles. The van der Waals surface area contributed by atoms with Crippen molar-refractivity contribution in [3.63, 3.8) is 0 Å². The van der Waals surface area contributed by atoms with E-state index in [2.05, 4.69) is 30.9 Å². The van der Waals surface area contributed by atoms with E-state index in [1.54, 1.807) is 0 Å². The van der Waals surface area contributed by atoms with Crippen LogP contribution in [-0.4, -0.2) is 34.8 Å². The van der Waals surface area contributed by atoms with Crippen LogP contribution in [0.1, 0.15) is 43.9 Å². The number of carbonyl (C=O) groups is 1. The van der Waals surface area contributed by atoms with E-state index in [1.165, 1.54) is 17.7 Å². The molecule has 2 saturated heterocycles. The van der Waals surface area contributed by atoms with Gasteiger partial charge in [-0.25, -0.2) is 8.78 Å². The van der Waals surface area contributed by atoms with E-state index in [4.69, 9.17) is 0 Å². The second-order valence-corrected chi connectivity index (χ2v) is 8.29. The van der Waals surface area contributed by atoms with Gasteiger partial charge in [-0.05, 0) is 51.4 Å². The van der Waals surface area contributed by atoms with Crippen molar-refractivity contribution in [3.8, 4) is 0 Å². The van der Waals surface area contributed by atoms with Crippen molar-refractivity contribution < 1.29 is 13.6 Å². The Balaban J connectivity index is 1.51. The molecule has 0 aliphatic carbocycles. The fraction of sp³-hybridized carbons (Fsp3) is 0.435. The highest BCUT2D eigenvalue weighted by Crippen LogP contribution is 2.56. The summed E-state index contributed by atoms with van der Waals surface area (Å²) in [4.78, 5) is 17.3. The average molecular weight is 384 g/mol. The molecule has 2 aromatic carbocycles. The smallest absolute Gasteiger partial charge is 0.232 e. The number of hydrogen-bond donors (Lipinski definition) is 0. The lowest BCUT2D eigenvalue weighted by Crippen LogP contribution is -2.67. The summed E-state index contributed by atoms with van der Waals surface area (Å²) in [6.45, 7) is 6.04. The van der Waals surface area contributed by atoms with Crippen LogP contribution in [0, 0.1) is 17.0 Å². The molecule has 148 valence electrons. The van der Waals surface area contributed by atoms with Gasteiger partial charge in [0.15, 0.2) is 0 Å². The van der Waals surface area contributed by atoms with Crippen molar-refractivity contribution in [3.05, 3.63) is 71.3 Å². The third-order valence-electron chi connectivity index (χ3n) is 6.29. The molecule has 0 radical (unpaired) electrons. The van der Waals surface area contributed by atoms with E-state index < -0.39 is 11.6 Å². The zero-order valence-electron chi connectivity index (χ0n) is 16.4. The van der Waals surface area contributed by atoms with Crippen LogP contribution < -0.4 is 0 Å². The topological polar surface area (TPSA) is 23.6 Å². The molecule has 1 spiro atoms. The van der Waals surface area contributed by atoms with Gasteiger partial charge < -0.3 is 4.90 Å². The van der Waals surface area contributed by atoms with E-state index in [-0.39, 0.29) is 23.4 Å². The summed E-state index contributed by atoms with van der Waals surface area (Å²) in [5.74, 6) is -0.824. The molecule has 5 heteroatoms. The van der Waals surface area contributed by atoms with Crippen LogP contribution in [0.4, 0.5) is 8.78 Å². The Kier molecular flexibility index (Phi) is 4.96. The van der Waals surface area contributed by atoms with Gasteiger partial charge in [-0.2, -0.15) is 0 Å². The number of benzene rings is 2. The first kappa shape index (κ1) is 19.1. The van der Waals surface area contributed by atoms with Gasteiger partial charge in [0.05, 0.1) is 11.5 Å². The monoisotopic (exact) mass is 384 g/mol. The third-order valence-corrected chi connectivity index (χ3v) is 6.29. The molecule has 0 aromatic heterocycles. The van der Waals surface area contributed by atoms with E-state index in [1.807, 2.05) is 23.1 Å². The number of amides is 1. The number of carbonyl (C=O) groups excluding carboxylic acids is 1. The number of rotatable bonds is 4. The Labute approximate surface area is 165 Å². The molecule has 2 aliphatic rings. The molecular weight excluding hydrogens is 358 g/mol. The Bertz CT molecular complexity index is 860. The van der Waals surface area contributed by atoms with Gasteiger partial charge in [-0.15, -0.1) is 0 Å². The normalized spacial score (nSPS) is 22.0. The lowest BCUT2D eigenvalue weighted by Gasteiger charge is -2.60. The zero-order chi connectivity index (χ0) is 19.9. The minimum Gasteiger partial charge on any atom is -0.332 e. The van der Waals surface area contributed by atoms with Gasteiger partial charge in [0.25, 0.3) is 0 Å². The van der Waals surface area contributed by atoms with E-state index >= 15 is 0 Å². The predicted molar refractivity (Wildman–Crippen MR) is 104 cm³/mol. The van der Waals surface area contributed by atoms with Gasteiger partial charge in [0.2, 0.25) is 5.91 Å². The zero-order valence-corrected chi connectivity index (χ0v) is 16.4. The summed E-state index contributed by atoms with van der Waals surface area (Å²) in [5.41, 5.74) is 1.33. The van der Waals surface area contributed by atoms with Crippen LogP contribution in [0.25, 0.3) is 0 Å². The van der Waals surface area contributed by atoms with Crippen molar-refractivity contribution in [2.75, 3.05) is 13.1 Å². The first-order chi connectivity index (χ1) is 13.4. The number of β-lactam (4-membered cyclic amide) rings is 1. The molecule has 3 nitrogen and oxygen atoms in total. The lowest BCUT2D eigenvalue weighted by molar-refractivity contribution is -0.185. The van der Waals surface area contributed by atoms with Gasteiger partial charge >= 0.3 is 0 Å². The molecule has 2 aromatic rings. The van der Waals surface area contributed by atoms with E-state index in [9.17, 15) is 13.6 Å². The lowest BCUT2D eigenvalue weighted by atomic mass is 9.61. The Morgan fingerprint density at radius 2 is 1.75 bits per heavy atom. The maximum absolute atomic E-state index is 14.0. The molecule has 2 heterocycles. The van der Waals surface area contributed by atoms with Gasteiger partial charge in [-0.3, -0.25) is 9.69 Å². The fourth-order valence-electron chi connectivity index (χ4n) is 4.83. The highest BCUT2D eigenvalue weighted by atomic mass is 19.1. The van der Waals surface area contributed by atoms with E-state index in [0.29, 0.717) is 12.1 Å². The summed E-state index contributed by atoms with van der Waals surface area (Å²) in [6.07, 6.45) is 1.52. The molecule has 1 atom stereocenters. The molecule has 28 heavy (non-hydrogen) atoms. The van der Waals surface area contributed by atoms with Crippen LogP contribution >= 0.6 is 0 Å². The number of piperidine rings is 1. The fourth-order valence-corrected chi connectivity index (χ4v) is 4.83. The summed E-state index contributed by atoms with van der Waals surface area (Å²) >= 11 is 0. The Morgan fingerprint density at radius 1 is 1.07 bits per heavy atom. The second kappa shape index (κ2) is 7.28. The first-order valence-corrected chi connectivity index (χ1v) is 9.96. The molecule has 2 aliphatic heterocycles. The van der Waals surface area contributed by atoms with E-state index in [0.717, 1.165) is 32.0 Å². The Hall–Kier alpha value is -2.27. The van der Waals surface area contributed by atoms with Gasteiger partial charge in [0, 0.05) is 24.2 Å². The number of halogens is 2. The minimum atomic E-state index is -0.557. The van der Waals surface area contributed by atoms with Crippen molar-refractivity contribution in [2.45, 2.75) is 45.3 Å². The molecule has 4 rings (SSSR count). The van der Waals surface area contributed by atoms with Crippen molar-refractivity contribution in [1.29, 1.82) is 0 Å². The van der Waals surface area contributed by atoms with Crippen molar-refractivity contribution in [2.24, 2.45) is 5.41 Å². The van der Waals surface area contributed by atoms with Crippen LogP contribution in [0.15, 0.2) is 48.5 Å². The van der Waals surface area contributed by atoms with Gasteiger partial charge in [0.1, 0.15) is 11.6 Å². The SMILES string of the molecule is CC(C)N1C(=O)C2(CCN(Cc3ccc(F)cc3F)CC2)C1c1ccccc1. The summed E-state index contributed by atoms with van der Waals surface area (Å²) in [6, 6.07) is 14.3. The Morgan fingerprint density at radius 3 is 2.36 bits per heavy atom. The highest BCUT2D eigenvalue weighted by molar-refractivity contribution is 5.91. The number of likely N-dealkylation sites (tertiary alicyclic amines) is 2. The maximum atomic E-state index is 14.0. The van der Waals surface area contributed by atoms with Crippen molar-refractivity contribution >= 4 is 5.91 Å². The maximum Gasteiger partial charge on any atom is 0.232 e. The average Bonchev–Trinajstić information content (AvgIpc) is 2.68. The summed E-state index contributed by atoms with van der Waals surface area (Å²) in [5, 5.41) is 0. The van der Waals surface area contributed by atoms with Crippen LogP contribution in [-0.2, 0) is 11.3 Å². The summed E-state index contributed by atoms with van der Waals surface area (Å²) in [7, 11) is 0. The summed E-state index contributed by atoms with van der Waals surface area (Å²) < 4.78 is 27.1. The van der Waals surface area contributed by atoms with Crippen LogP contribution in [0.5, 0.6) is 0 Å². The third kappa shape index (κ3) is 3.12. The number of hydrogen-bond acceptors (Lipinski definition) is 2. The second-order valence-electron chi connectivity index (χ2n) is 8.29.